The number of para-hydroxylation sites is 2. The highest BCUT2D eigenvalue weighted by molar-refractivity contribution is 6.30. The number of dihydropyridines is 1. The monoisotopic (exact) mass is 418 g/mol. The van der Waals surface area contributed by atoms with Crippen molar-refractivity contribution >= 4 is 29.2 Å². The standard InChI is InChI=1S/C25H23ClN2O2/c1-29-24-16-17-27-18-25(24,30-23-14-12-20(26)13-15-23)19-28(21-8-4-2-5-9-21)22-10-6-3-7-11-22/h2-17H,18-19H2,1H3. The maximum absolute atomic E-state index is 6.57. The van der Waals surface area contributed by atoms with E-state index in [0.29, 0.717) is 23.9 Å². The van der Waals surface area contributed by atoms with Crippen molar-refractivity contribution in [2.75, 3.05) is 25.1 Å². The average Bonchev–Trinajstić information content (AvgIpc) is 2.80. The zero-order valence-electron chi connectivity index (χ0n) is 16.7. The number of nitrogens with zero attached hydrogens (tertiary/aromatic N) is 2. The van der Waals surface area contributed by atoms with Gasteiger partial charge in [-0.05, 0) is 54.6 Å². The number of rotatable bonds is 7. The van der Waals surface area contributed by atoms with Crippen molar-refractivity contribution in [3.63, 3.8) is 0 Å². The summed E-state index contributed by atoms with van der Waals surface area (Å²) in [7, 11) is 1.67. The molecule has 0 aromatic heterocycles. The highest BCUT2D eigenvalue weighted by atomic mass is 35.5. The molecule has 0 spiro atoms. The Hall–Kier alpha value is -3.24. The maximum atomic E-state index is 6.57. The van der Waals surface area contributed by atoms with Crippen molar-refractivity contribution < 1.29 is 9.47 Å². The van der Waals surface area contributed by atoms with Gasteiger partial charge in [0.2, 0.25) is 5.60 Å². The quantitative estimate of drug-likeness (QED) is 0.478. The average molecular weight is 419 g/mol. The summed E-state index contributed by atoms with van der Waals surface area (Å²) in [5.41, 5.74) is 1.32. The second kappa shape index (κ2) is 9.06. The van der Waals surface area contributed by atoms with Crippen LogP contribution in [0.25, 0.3) is 0 Å². The summed E-state index contributed by atoms with van der Waals surface area (Å²) in [5, 5.41) is 0.663. The molecule has 3 aromatic carbocycles. The van der Waals surface area contributed by atoms with E-state index in [2.05, 4.69) is 34.2 Å². The molecule has 1 aliphatic rings. The molecule has 5 heteroatoms. The number of benzene rings is 3. The Labute approximate surface area is 182 Å². The van der Waals surface area contributed by atoms with Crippen LogP contribution in [0.4, 0.5) is 11.4 Å². The van der Waals surface area contributed by atoms with Gasteiger partial charge in [0.25, 0.3) is 0 Å². The Morgan fingerprint density at radius 2 is 1.50 bits per heavy atom. The number of allylic oxidation sites excluding steroid dienone is 1. The largest absolute Gasteiger partial charge is 0.497 e. The van der Waals surface area contributed by atoms with Gasteiger partial charge < -0.3 is 14.4 Å². The number of halogens is 1. The van der Waals surface area contributed by atoms with Crippen molar-refractivity contribution in [3.8, 4) is 5.75 Å². The predicted octanol–water partition coefficient (Wildman–Crippen LogP) is 5.91. The van der Waals surface area contributed by atoms with Gasteiger partial charge in [-0.1, -0.05) is 48.0 Å². The molecular weight excluding hydrogens is 396 g/mol. The fourth-order valence-corrected chi connectivity index (χ4v) is 3.70. The molecule has 1 unspecified atom stereocenters. The van der Waals surface area contributed by atoms with Gasteiger partial charge in [-0.15, -0.1) is 0 Å². The van der Waals surface area contributed by atoms with Gasteiger partial charge in [-0.2, -0.15) is 0 Å². The highest BCUT2D eigenvalue weighted by Crippen LogP contribution is 2.34. The Morgan fingerprint density at radius 1 is 0.900 bits per heavy atom. The SMILES string of the molecule is COC1=CC=NCC1(CN(c1ccccc1)c1ccccc1)Oc1ccc(Cl)cc1. The molecule has 4 rings (SSSR count). The Balaban J connectivity index is 1.76. The zero-order chi connectivity index (χ0) is 20.8. The summed E-state index contributed by atoms with van der Waals surface area (Å²) in [4.78, 5) is 6.75. The molecular formula is C25H23ClN2O2. The smallest absolute Gasteiger partial charge is 0.202 e. The van der Waals surface area contributed by atoms with Crippen LogP contribution < -0.4 is 9.64 Å². The second-order valence-corrected chi connectivity index (χ2v) is 7.47. The van der Waals surface area contributed by atoms with Gasteiger partial charge in [0.15, 0.2) is 0 Å². The van der Waals surface area contributed by atoms with Crippen molar-refractivity contribution in [2.24, 2.45) is 4.99 Å². The normalized spacial score (nSPS) is 17.9. The van der Waals surface area contributed by atoms with E-state index in [9.17, 15) is 0 Å². The van der Waals surface area contributed by atoms with Crippen molar-refractivity contribution in [1.82, 2.24) is 0 Å². The second-order valence-electron chi connectivity index (χ2n) is 7.03. The van der Waals surface area contributed by atoms with Crippen LogP contribution in [0, 0.1) is 0 Å². The van der Waals surface area contributed by atoms with Crippen molar-refractivity contribution in [1.29, 1.82) is 0 Å². The number of hydrogen-bond donors (Lipinski definition) is 0. The first-order chi connectivity index (χ1) is 14.7. The van der Waals surface area contributed by atoms with Crippen LogP contribution in [0.1, 0.15) is 0 Å². The lowest BCUT2D eigenvalue weighted by Crippen LogP contribution is -2.52. The molecule has 0 aliphatic carbocycles. The lowest BCUT2D eigenvalue weighted by atomic mass is 9.96. The zero-order valence-corrected chi connectivity index (χ0v) is 17.5. The molecule has 1 aliphatic heterocycles. The number of aliphatic imine (C=N–C) groups is 1. The first-order valence-electron chi connectivity index (χ1n) is 9.77. The minimum Gasteiger partial charge on any atom is -0.497 e. The minimum atomic E-state index is -0.803. The Morgan fingerprint density at radius 3 is 2.07 bits per heavy atom. The van der Waals surface area contributed by atoms with Crippen molar-refractivity contribution in [3.05, 3.63) is 102 Å². The number of anilines is 2. The molecule has 152 valence electrons. The summed E-state index contributed by atoms with van der Waals surface area (Å²) in [6.45, 7) is 0.951. The first-order valence-corrected chi connectivity index (χ1v) is 10.1. The van der Waals surface area contributed by atoms with E-state index in [1.54, 1.807) is 13.3 Å². The molecule has 0 fully saturated rings. The molecule has 30 heavy (non-hydrogen) atoms. The Bertz CT molecular complexity index is 981. The van der Waals surface area contributed by atoms with Crippen LogP contribution in [0.15, 0.2) is 102 Å². The summed E-state index contributed by atoms with van der Waals surface area (Å²) >= 11 is 6.07. The third-order valence-electron chi connectivity index (χ3n) is 5.02. The molecule has 0 N–H and O–H groups in total. The lowest BCUT2D eigenvalue weighted by molar-refractivity contribution is 0.0597. The van der Waals surface area contributed by atoms with Crippen LogP contribution in [-0.2, 0) is 4.74 Å². The molecule has 4 nitrogen and oxygen atoms in total. The third-order valence-corrected chi connectivity index (χ3v) is 5.28. The molecule has 0 bridgehead atoms. The number of methoxy groups -OCH3 is 1. The first kappa shape index (κ1) is 20.0. The van der Waals surface area contributed by atoms with Gasteiger partial charge in [0.05, 0.1) is 20.2 Å². The van der Waals surface area contributed by atoms with E-state index in [-0.39, 0.29) is 0 Å². The van der Waals surface area contributed by atoms with E-state index >= 15 is 0 Å². The van der Waals surface area contributed by atoms with Gasteiger partial charge in [-0.25, -0.2) is 0 Å². The molecule has 0 amide bonds. The van der Waals surface area contributed by atoms with Crippen LogP contribution >= 0.6 is 11.6 Å². The fourth-order valence-electron chi connectivity index (χ4n) is 3.58. The van der Waals surface area contributed by atoms with E-state index in [1.807, 2.05) is 66.7 Å². The van der Waals surface area contributed by atoms with E-state index in [4.69, 9.17) is 21.1 Å². The van der Waals surface area contributed by atoms with E-state index in [0.717, 1.165) is 17.1 Å². The molecule has 1 heterocycles. The van der Waals surface area contributed by atoms with Gasteiger partial charge in [0, 0.05) is 22.6 Å². The van der Waals surface area contributed by atoms with Gasteiger partial charge in [0.1, 0.15) is 11.5 Å². The molecule has 3 aromatic rings. The summed E-state index contributed by atoms with van der Waals surface area (Å²) < 4.78 is 12.3. The molecule has 1 atom stereocenters. The van der Waals surface area contributed by atoms with Crippen molar-refractivity contribution in [2.45, 2.75) is 5.60 Å². The third kappa shape index (κ3) is 4.34. The maximum Gasteiger partial charge on any atom is 0.202 e. The summed E-state index contributed by atoms with van der Waals surface area (Å²) in [6.07, 6.45) is 3.63. The van der Waals surface area contributed by atoms with Crippen LogP contribution in [0.2, 0.25) is 5.02 Å². The summed E-state index contributed by atoms with van der Waals surface area (Å²) in [6, 6.07) is 27.9. The van der Waals surface area contributed by atoms with Gasteiger partial charge >= 0.3 is 0 Å². The van der Waals surface area contributed by atoms with E-state index < -0.39 is 5.60 Å². The highest BCUT2D eigenvalue weighted by Gasteiger charge is 2.42. The number of ether oxygens (including phenoxy) is 2. The summed E-state index contributed by atoms with van der Waals surface area (Å²) in [5.74, 6) is 1.44. The topological polar surface area (TPSA) is 34.1 Å². The number of hydrogen-bond acceptors (Lipinski definition) is 4. The Kier molecular flexibility index (Phi) is 6.05. The minimum absolute atomic E-state index is 0.436. The molecule has 0 saturated heterocycles. The van der Waals surface area contributed by atoms with E-state index in [1.165, 1.54) is 0 Å². The predicted molar refractivity (Wildman–Crippen MR) is 123 cm³/mol. The van der Waals surface area contributed by atoms with Crippen LogP contribution in [-0.4, -0.2) is 32.0 Å². The van der Waals surface area contributed by atoms with Crippen LogP contribution in [0.5, 0.6) is 5.75 Å². The molecule has 0 saturated carbocycles. The lowest BCUT2D eigenvalue weighted by Gasteiger charge is -2.40. The van der Waals surface area contributed by atoms with Crippen LogP contribution in [0.3, 0.4) is 0 Å². The molecule has 0 radical (unpaired) electrons. The fraction of sp³-hybridized carbons (Fsp3) is 0.160. The van der Waals surface area contributed by atoms with Gasteiger partial charge in [-0.3, -0.25) is 4.99 Å².